The number of rotatable bonds is 4. The first-order chi connectivity index (χ1) is 8.91. The normalized spacial score (nSPS) is 21.1. The lowest BCUT2D eigenvalue weighted by Gasteiger charge is -2.24. The molecule has 1 N–H and O–H groups in total. The van der Waals surface area contributed by atoms with E-state index in [0.29, 0.717) is 22.6 Å². The number of Topliss-reactive ketones (excluding diaryl/α,β-unsaturated/α-hetero) is 1. The van der Waals surface area contributed by atoms with E-state index in [0.717, 1.165) is 0 Å². The second kappa shape index (κ2) is 4.57. The van der Waals surface area contributed by atoms with E-state index in [1.165, 1.54) is 14.2 Å². The van der Waals surface area contributed by atoms with Gasteiger partial charge in [-0.05, 0) is 6.07 Å². The molecule has 2 rings (SSSR count). The summed E-state index contributed by atoms with van der Waals surface area (Å²) in [6.07, 6.45) is 0.0760. The van der Waals surface area contributed by atoms with Gasteiger partial charge in [0.05, 0.1) is 20.6 Å². The number of aliphatic carboxylic acids is 1. The summed E-state index contributed by atoms with van der Waals surface area (Å²) in [6, 6.07) is 3.32. The number of hydrogen-bond acceptors (Lipinski definition) is 4. The van der Waals surface area contributed by atoms with Gasteiger partial charge in [-0.15, -0.1) is 0 Å². The first-order valence-electron chi connectivity index (χ1n) is 5.93. The summed E-state index contributed by atoms with van der Waals surface area (Å²) < 4.78 is 10.4. The van der Waals surface area contributed by atoms with Crippen molar-refractivity contribution >= 4 is 11.8 Å². The van der Waals surface area contributed by atoms with Crippen molar-refractivity contribution in [1.29, 1.82) is 0 Å². The van der Waals surface area contributed by atoms with Crippen LogP contribution >= 0.6 is 0 Å². The van der Waals surface area contributed by atoms with Crippen molar-refractivity contribution in [1.82, 2.24) is 0 Å². The van der Waals surface area contributed by atoms with Crippen LogP contribution in [0.4, 0.5) is 0 Å². The molecule has 0 heterocycles. The highest BCUT2D eigenvalue weighted by atomic mass is 16.5. The molecule has 0 radical (unpaired) electrons. The lowest BCUT2D eigenvalue weighted by Crippen LogP contribution is -2.23. The molecular formula is C14H16O5. The predicted molar refractivity (Wildman–Crippen MR) is 68.1 cm³/mol. The Morgan fingerprint density at radius 2 is 2.05 bits per heavy atom. The van der Waals surface area contributed by atoms with Crippen molar-refractivity contribution in [2.24, 2.45) is 0 Å². The van der Waals surface area contributed by atoms with E-state index in [1.807, 2.05) is 0 Å². The fraction of sp³-hybridized carbons (Fsp3) is 0.429. The molecule has 0 bridgehead atoms. The molecule has 19 heavy (non-hydrogen) atoms. The minimum Gasteiger partial charge on any atom is -0.497 e. The van der Waals surface area contributed by atoms with Gasteiger partial charge < -0.3 is 14.6 Å². The molecule has 0 aromatic heterocycles. The Kier molecular flexibility index (Phi) is 3.22. The first-order valence-corrected chi connectivity index (χ1v) is 5.93. The van der Waals surface area contributed by atoms with Gasteiger partial charge in [0.2, 0.25) is 0 Å². The van der Waals surface area contributed by atoms with Gasteiger partial charge in [0.15, 0.2) is 5.78 Å². The number of ketones is 1. The molecular weight excluding hydrogens is 248 g/mol. The Morgan fingerprint density at radius 3 is 2.58 bits per heavy atom. The Hall–Kier alpha value is -2.04. The highest BCUT2D eigenvalue weighted by Crippen LogP contribution is 2.47. The minimum atomic E-state index is -0.930. The number of carboxylic acids is 1. The third-order valence-corrected chi connectivity index (χ3v) is 3.53. The van der Waals surface area contributed by atoms with E-state index in [1.54, 1.807) is 19.1 Å². The molecule has 1 aromatic rings. The lowest BCUT2D eigenvalue weighted by atomic mass is 9.80. The number of carbonyl (C=O) groups is 2. The minimum absolute atomic E-state index is 0.0732. The average molecular weight is 264 g/mol. The number of fused-ring (bicyclic) bond motifs is 1. The quantitative estimate of drug-likeness (QED) is 0.900. The Bertz CT molecular complexity index is 549. The van der Waals surface area contributed by atoms with Crippen molar-refractivity contribution in [2.45, 2.75) is 25.2 Å². The van der Waals surface area contributed by atoms with E-state index in [2.05, 4.69) is 0 Å². The third kappa shape index (κ3) is 2.16. The van der Waals surface area contributed by atoms with Crippen LogP contribution in [-0.2, 0) is 10.2 Å². The van der Waals surface area contributed by atoms with Crippen LogP contribution in [0.1, 0.15) is 35.7 Å². The summed E-state index contributed by atoms with van der Waals surface area (Å²) in [5.74, 6) is 0.0319. The second-order valence-corrected chi connectivity index (χ2v) is 4.98. The van der Waals surface area contributed by atoms with Crippen LogP contribution in [0.2, 0.25) is 0 Å². The monoisotopic (exact) mass is 264 g/mol. The molecule has 0 aliphatic heterocycles. The Morgan fingerprint density at radius 1 is 1.37 bits per heavy atom. The summed E-state index contributed by atoms with van der Waals surface area (Å²) in [5, 5.41) is 9.04. The topological polar surface area (TPSA) is 72.8 Å². The zero-order valence-electron chi connectivity index (χ0n) is 11.1. The van der Waals surface area contributed by atoms with Gasteiger partial charge in [0.1, 0.15) is 11.5 Å². The molecule has 0 saturated carbocycles. The zero-order valence-corrected chi connectivity index (χ0v) is 11.1. The second-order valence-electron chi connectivity index (χ2n) is 4.98. The predicted octanol–water partition coefficient (Wildman–Crippen LogP) is 2.02. The van der Waals surface area contributed by atoms with E-state index < -0.39 is 11.4 Å². The van der Waals surface area contributed by atoms with Crippen LogP contribution in [0.5, 0.6) is 11.5 Å². The number of hydrogen-bond donors (Lipinski definition) is 1. The van der Waals surface area contributed by atoms with Gasteiger partial charge in [-0.25, -0.2) is 0 Å². The molecule has 5 nitrogen and oxygen atoms in total. The van der Waals surface area contributed by atoms with Crippen molar-refractivity contribution in [3.8, 4) is 11.5 Å². The third-order valence-electron chi connectivity index (χ3n) is 3.53. The smallest absolute Gasteiger partial charge is 0.304 e. The molecule has 0 amide bonds. The average Bonchev–Trinajstić information content (AvgIpc) is 2.59. The van der Waals surface area contributed by atoms with E-state index in [9.17, 15) is 9.59 Å². The molecule has 1 aliphatic rings. The molecule has 1 aromatic carbocycles. The van der Waals surface area contributed by atoms with E-state index >= 15 is 0 Å². The van der Waals surface area contributed by atoms with Gasteiger partial charge in [0, 0.05) is 29.0 Å². The van der Waals surface area contributed by atoms with Crippen LogP contribution in [0.3, 0.4) is 0 Å². The summed E-state index contributed by atoms with van der Waals surface area (Å²) in [6.45, 7) is 1.78. The lowest BCUT2D eigenvalue weighted by molar-refractivity contribution is -0.138. The van der Waals surface area contributed by atoms with Gasteiger partial charge in [0.25, 0.3) is 0 Å². The van der Waals surface area contributed by atoms with Crippen molar-refractivity contribution in [3.63, 3.8) is 0 Å². The van der Waals surface area contributed by atoms with Crippen LogP contribution in [0.25, 0.3) is 0 Å². The summed E-state index contributed by atoms with van der Waals surface area (Å²) >= 11 is 0. The molecule has 0 spiro atoms. The molecule has 102 valence electrons. The van der Waals surface area contributed by atoms with Crippen molar-refractivity contribution in [2.75, 3.05) is 14.2 Å². The largest absolute Gasteiger partial charge is 0.497 e. The van der Waals surface area contributed by atoms with Crippen molar-refractivity contribution < 1.29 is 24.2 Å². The molecule has 1 unspecified atom stereocenters. The fourth-order valence-electron chi connectivity index (χ4n) is 2.73. The number of carbonyl (C=O) groups excluding carboxylic acids is 1. The maximum Gasteiger partial charge on any atom is 0.304 e. The molecule has 0 saturated heterocycles. The molecule has 0 fully saturated rings. The van der Waals surface area contributed by atoms with E-state index in [-0.39, 0.29) is 18.6 Å². The van der Waals surface area contributed by atoms with Gasteiger partial charge in [-0.3, -0.25) is 9.59 Å². The molecule has 5 heteroatoms. The summed E-state index contributed by atoms with van der Waals surface area (Å²) in [4.78, 5) is 23.1. The van der Waals surface area contributed by atoms with Crippen LogP contribution in [0, 0.1) is 0 Å². The number of benzene rings is 1. The Balaban J connectivity index is 2.62. The highest BCUT2D eigenvalue weighted by molar-refractivity contribution is 6.04. The van der Waals surface area contributed by atoms with Gasteiger partial charge >= 0.3 is 5.97 Å². The van der Waals surface area contributed by atoms with Crippen LogP contribution in [0.15, 0.2) is 12.1 Å². The molecule has 1 atom stereocenters. The fourth-order valence-corrected chi connectivity index (χ4v) is 2.73. The maximum atomic E-state index is 12.1. The van der Waals surface area contributed by atoms with Crippen molar-refractivity contribution in [3.05, 3.63) is 23.3 Å². The zero-order chi connectivity index (χ0) is 14.2. The summed E-state index contributed by atoms with van der Waals surface area (Å²) in [7, 11) is 3.01. The molecule has 1 aliphatic carbocycles. The maximum absolute atomic E-state index is 12.1. The number of methoxy groups -OCH3 is 2. The highest BCUT2D eigenvalue weighted by Gasteiger charge is 2.44. The number of ether oxygens (including phenoxy) is 2. The SMILES string of the molecule is COc1cc(OC)c2c(c1)C(=O)CC2(C)CC(=O)O. The van der Waals surface area contributed by atoms with Crippen LogP contribution < -0.4 is 9.47 Å². The number of carboxylic acid groups (broad SMARTS) is 1. The Labute approximate surface area is 111 Å². The van der Waals surface area contributed by atoms with Crippen LogP contribution in [-0.4, -0.2) is 31.1 Å². The first kappa shape index (κ1) is 13.4. The summed E-state index contributed by atoms with van der Waals surface area (Å²) in [5.41, 5.74) is 0.443. The van der Waals surface area contributed by atoms with Gasteiger partial charge in [-0.2, -0.15) is 0 Å². The standard InChI is InChI=1S/C14H16O5/c1-14(7-12(16)17)6-10(15)9-4-8(18-2)5-11(19-3)13(9)14/h4-5H,6-7H2,1-3H3,(H,16,17). The van der Waals surface area contributed by atoms with E-state index in [4.69, 9.17) is 14.6 Å². The van der Waals surface area contributed by atoms with Gasteiger partial charge in [-0.1, -0.05) is 6.92 Å².